The lowest BCUT2D eigenvalue weighted by molar-refractivity contribution is 0.282. The van der Waals surface area contributed by atoms with Crippen LogP contribution < -0.4 is 0 Å². The number of aromatic amines is 1. The lowest BCUT2D eigenvalue weighted by Crippen LogP contribution is -1.97. The Morgan fingerprint density at radius 2 is 2.14 bits per heavy atom. The van der Waals surface area contributed by atoms with Gasteiger partial charge in [0, 0.05) is 22.4 Å². The number of aryl methyl sites for hydroxylation is 1. The van der Waals surface area contributed by atoms with Crippen LogP contribution in [0.4, 0.5) is 0 Å². The molecule has 0 amide bonds. The van der Waals surface area contributed by atoms with Crippen LogP contribution in [0.1, 0.15) is 56.4 Å². The molecule has 1 aliphatic carbocycles. The van der Waals surface area contributed by atoms with E-state index in [1.165, 1.54) is 0 Å². The summed E-state index contributed by atoms with van der Waals surface area (Å²) >= 11 is 0. The van der Waals surface area contributed by atoms with Crippen LogP contribution in [-0.4, -0.2) is 22.4 Å². The van der Waals surface area contributed by atoms with Crippen LogP contribution in [0.2, 0.25) is 0 Å². The van der Waals surface area contributed by atoms with Gasteiger partial charge >= 0.3 is 0 Å². The van der Waals surface area contributed by atoms with Gasteiger partial charge in [-0.05, 0) is 55.0 Å². The molecule has 4 nitrogen and oxygen atoms in total. The van der Waals surface area contributed by atoms with E-state index in [-0.39, 0.29) is 5.75 Å². The Hall–Kier alpha value is -3.19. The Balaban J connectivity index is 2.21. The van der Waals surface area contributed by atoms with Crippen molar-refractivity contribution in [3.63, 3.8) is 0 Å². The van der Waals surface area contributed by atoms with E-state index >= 15 is 0 Å². The summed E-state index contributed by atoms with van der Waals surface area (Å²) in [5.41, 5.74) is 7.88. The predicted molar refractivity (Wildman–Crippen MR) is 118 cm³/mol. The highest BCUT2D eigenvalue weighted by Crippen LogP contribution is 2.40. The van der Waals surface area contributed by atoms with Gasteiger partial charge in [-0.15, -0.1) is 6.42 Å². The highest BCUT2D eigenvalue weighted by molar-refractivity contribution is 5.86. The SMILES string of the molecule is C#CC/C(OC)=C1/CC=C/C1=C(/C)c1c(-c2cc(C(C)C)ccc2O)n[nH]c1C. The van der Waals surface area contributed by atoms with E-state index < -0.39 is 0 Å². The van der Waals surface area contributed by atoms with Gasteiger partial charge in [-0.25, -0.2) is 0 Å². The predicted octanol–water partition coefficient (Wildman–Crippen LogP) is 5.87. The summed E-state index contributed by atoms with van der Waals surface area (Å²) in [6, 6.07) is 5.73. The minimum Gasteiger partial charge on any atom is -0.507 e. The van der Waals surface area contributed by atoms with E-state index in [9.17, 15) is 5.11 Å². The van der Waals surface area contributed by atoms with Crippen molar-refractivity contribution < 1.29 is 9.84 Å². The van der Waals surface area contributed by atoms with Crippen LogP contribution >= 0.6 is 0 Å². The molecule has 0 saturated carbocycles. The molecule has 2 N–H and O–H groups in total. The Morgan fingerprint density at radius 1 is 1.38 bits per heavy atom. The van der Waals surface area contributed by atoms with Crippen molar-refractivity contribution in [1.29, 1.82) is 0 Å². The van der Waals surface area contributed by atoms with E-state index in [1.807, 2.05) is 19.1 Å². The van der Waals surface area contributed by atoms with Crippen LogP contribution in [0.15, 0.2) is 47.3 Å². The first kappa shape index (κ1) is 20.5. The number of aromatic hydroxyl groups is 1. The van der Waals surface area contributed by atoms with Gasteiger partial charge in [-0.3, -0.25) is 5.10 Å². The second-order valence-corrected chi connectivity index (χ2v) is 7.64. The molecule has 0 saturated heterocycles. The first-order valence-corrected chi connectivity index (χ1v) is 9.84. The maximum Gasteiger partial charge on any atom is 0.125 e. The summed E-state index contributed by atoms with van der Waals surface area (Å²) in [5, 5.41) is 18.2. The molecule has 1 aliphatic rings. The summed E-state index contributed by atoms with van der Waals surface area (Å²) in [4.78, 5) is 0. The second kappa shape index (κ2) is 8.45. The number of H-pyrrole nitrogens is 1. The van der Waals surface area contributed by atoms with Gasteiger partial charge in [0.2, 0.25) is 0 Å². The molecular formula is C25H28N2O2. The van der Waals surface area contributed by atoms with E-state index in [0.29, 0.717) is 12.3 Å². The molecular weight excluding hydrogens is 360 g/mol. The van der Waals surface area contributed by atoms with Gasteiger partial charge in [0.1, 0.15) is 17.2 Å². The van der Waals surface area contributed by atoms with Crippen molar-refractivity contribution in [2.24, 2.45) is 0 Å². The van der Waals surface area contributed by atoms with E-state index in [2.05, 4.69) is 49.0 Å². The lowest BCUT2D eigenvalue weighted by atomic mass is 9.91. The molecule has 2 aromatic rings. The first-order valence-electron chi connectivity index (χ1n) is 9.84. The maximum absolute atomic E-state index is 10.6. The zero-order chi connectivity index (χ0) is 21.1. The molecule has 150 valence electrons. The average Bonchev–Trinajstić information content (AvgIpc) is 3.32. The number of nitrogens with one attached hydrogen (secondary N) is 1. The van der Waals surface area contributed by atoms with Crippen LogP contribution in [0.25, 0.3) is 16.8 Å². The van der Waals surface area contributed by atoms with Gasteiger partial charge < -0.3 is 9.84 Å². The standard InChI is InChI=1S/C25H28N2O2/c1-7-9-23(29-6)20-11-8-10-19(20)16(4)24-17(5)26-27-25(24)21-14-18(15(2)3)12-13-22(21)28/h1,8,10,12-15,28H,9,11H2,2-6H3,(H,26,27)/b19-16+,23-20+. The van der Waals surface area contributed by atoms with Crippen LogP contribution in [0.3, 0.4) is 0 Å². The Bertz CT molecular complexity index is 1060. The van der Waals surface area contributed by atoms with E-state index in [0.717, 1.165) is 57.0 Å². The number of terminal acetylenes is 1. The smallest absolute Gasteiger partial charge is 0.125 e. The molecule has 0 atom stereocenters. The van der Waals surface area contributed by atoms with Gasteiger partial charge in [0.05, 0.1) is 13.5 Å². The summed E-state index contributed by atoms with van der Waals surface area (Å²) in [6.07, 6.45) is 11.0. The third-order valence-corrected chi connectivity index (χ3v) is 5.45. The van der Waals surface area contributed by atoms with Crippen molar-refractivity contribution in [3.8, 4) is 29.4 Å². The third-order valence-electron chi connectivity index (χ3n) is 5.45. The number of methoxy groups -OCH3 is 1. The van der Waals surface area contributed by atoms with Crippen molar-refractivity contribution in [2.75, 3.05) is 7.11 Å². The minimum atomic E-state index is 0.225. The summed E-state index contributed by atoms with van der Waals surface area (Å²) < 4.78 is 5.58. The number of aromatic nitrogens is 2. The monoisotopic (exact) mass is 388 g/mol. The van der Waals surface area contributed by atoms with Crippen LogP contribution in [0.5, 0.6) is 5.75 Å². The summed E-state index contributed by atoms with van der Waals surface area (Å²) in [5.74, 6) is 4.08. The molecule has 1 heterocycles. The summed E-state index contributed by atoms with van der Waals surface area (Å²) in [7, 11) is 1.66. The fourth-order valence-corrected chi connectivity index (χ4v) is 3.84. The number of ether oxygens (including phenoxy) is 1. The molecule has 0 bridgehead atoms. The number of phenols is 1. The van der Waals surface area contributed by atoms with Crippen molar-refractivity contribution >= 4 is 5.57 Å². The minimum absolute atomic E-state index is 0.225. The number of rotatable bonds is 5. The van der Waals surface area contributed by atoms with Gasteiger partial charge in [-0.1, -0.05) is 38.0 Å². The number of nitrogens with zero attached hydrogens (tertiary/aromatic N) is 1. The molecule has 0 aliphatic heterocycles. The highest BCUT2D eigenvalue weighted by Gasteiger charge is 2.23. The van der Waals surface area contributed by atoms with Crippen LogP contribution in [-0.2, 0) is 4.74 Å². The lowest BCUT2D eigenvalue weighted by Gasteiger charge is -2.14. The van der Waals surface area contributed by atoms with E-state index in [4.69, 9.17) is 11.2 Å². The van der Waals surface area contributed by atoms with E-state index in [1.54, 1.807) is 13.2 Å². The van der Waals surface area contributed by atoms with Crippen molar-refractivity contribution in [1.82, 2.24) is 10.2 Å². The molecule has 1 aromatic heterocycles. The maximum atomic E-state index is 10.6. The van der Waals surface area contributed by atoms with Gasteiger partial charge in [0.25, 0.3) is 0 Å². The fourth-order valence-electron chi connectivity index (χ4n) is 3.84. The number of allylic oxidation sites excluding steroid dienone is 6. The number of phenolic OH excluding ortho intramolecular Hbond substituents is 1. The number of hydrogen-bond acceptors (Lipinski definition) is 3. The molecule has 0 spiro atoms. The second-order valence-electron chi connectivity index (χ2n) is 7.64. The Morgan fingerprint density at radius 3 is 2.79 bits per heavy atom. The number of hydrogen-bond donors (Lipinski definition) is 2. The Labute approximate surface area is 173 Å². The normalized spacial score (nSPS) is 16.9. The fraction of sp³-hybridized carbons (Fsp3) is 0.320. The first-order chi connectivity index (χ1) is 13.9. The largest absolute Gasteiger partial charge is 0.507 e. The van der Waals surface area contributed by atoms with Gasteiger partial charge in [0.15, 0.2) is 0 Å². The van der Waals surface area contributed by atoms with Crippen molar-refractivity contribution in [3.05, 3.63) is 64.1 Å². The quantitative estimate of drug-likeness (QED) is 0.497. The molecule has 0 radical (unpaired) electrons. The molecule has 1 aromatic carbocycles. The molecule has 3 rings (SSSR count). The topological polar surface area (TPSA) is 58.1 Å². The zero-order valence-corrected chi connectivity index (χ0v) is 17.8. The zero-order valence-electron chi connectivity index (χ0n) is 17.8. The molecule has 0 fully saturated rings. The highest BCUT2D eigenvalue weighted by atomic mass is 16.5. The number of benzene rings is 1. The molecule has 0 unspecified atom stereocenters. The third kappa shape index (κ3) is 3.86. The van der Waals surface area contributed by atoms with Crippen LogP contribution in [0, 0.1) is 19.3 Å². The van der Waals surface area contributed by atoms with Gasteiger partial charge in [-0.2, -0.15) is 5.10 Å². The Kier molecular flexibility index (Phi) is 5.98. The molecule has 29 heavy (non-hydrogen) atoms. The summed E-state index contributed by atoms with van der Waals surface area (Å²) in [6.45, 7) is 8.36. The average molecular weight is 389 g/mol. The molecule has 4 heteroatoms. The van der Waals surface area contributed by atoms with Crippen molar-refractivity contribution in [2.45, 2.75) is 46.5 Å².